The van der Waals surface area contributed by atoms with Gasteiger partial charge in [0.05, 0.1) is 13.2 Å². The highest BCUT2D eigenvalue weighted by molar-refractivity contribution is 5.66. The van der Waals surface area contributed by atoms with Crippen molar-refractivity contribution < 1.29 is 14.3 Å². The van der Waals surface area contributed by atoms with Crippen LogP contribution in [0.5, 0.6) is 0 Å². The number of carbonyl (C=O) groups excluding carboxylic acids is 1. The molecule has 1 heterocycles. The average Bonchev–Trinajstić information content (AvgIpc) is 2.61. The summed E-state index contributed by atoms with van der Waals surface area (Å²) in [5.74, 6) is 0.553. The molecule has 1 saturated heterocycles. The Kier molecular flexibility index (Phi) is 9.86. The summed E-state index contributed by atoms with van der Waals surface area (Å²) in [6, 6.07) is 7.03. The fraction of sp³-hybridized carbons (Fsp3) is 0.696. The first kappa shape index (κ1) is 23.5. The van der Waals surface area contributed by atoms with Gasteiger partial charge in [-0.05, 0) is 62.8 Å². The second-order valence-electron chi connectivity index (χ2n) is 8.33. The monoisotopic (exact) mass is 377 g/mol. The van der Waals surface area contributed by atoms with Crippen LogP contribution in [0, 0.1) is 5.92 Å². The van der Waals surface area contributed by atoms with E-state index in [9.17, 15) is 4.79 Å². The molecule has 154 valence electrons. The predicted molar refractivity (Wildman–Crippen MR) is 114 cm³/mol. The summed E-state index contributed by atoms with van der Waals surface area (Å²) in [4.78, 5) is 12.7. The minimum Gasteiger partial charge on any atom is -0.460 e. The molecular weight excluding hydrogens is 338 g/mol. The SMILES string of the molecule is CC(=O)OC(C)(C)C.CCc1cc(N2CCOCC2)ccc1CC(C)CC. The Hall–Kier alpha value is -1.55. The van der Waals surface area contributed by atoms with Crippen molar-refractivity contribution in [2.45, 2.75) is 73.3 Å². The molecule has 1 unspecified atom stereocenters. The zero-order valence-corrected chi connectivity index (χ0v) is 18.4. The van der Waals surface area contributed by atoms with Gasteiger partial charge in [0, 0.05) is 25.7 Å². The summed E-state index contributed by atoms with van der Waals surface area (Å²) in [7, 11) is 0. The molecule has 1 aliphatic heterocycles. The number of esters is 1. The smallest absolute Gasteiger partial charge is 0.303 e. The number of aryl methyl sites for hydroxylation is 1. The van der Waals surface area contributed by atoms with Crippen LogP contribution in [-0.4, -0.2) is 37.9 Å². The molecule has 0 aliphatic carbocycles. The molecule has 1 atom stereocenters. The molecule has 1 fully saturated rings. The van der Waals surface area contributed by atoms with Gasteiger partial charge in [0.2, 0.25) is 0 Å². The van der Waals surface area contributed by atoms with Gasteiger partial charge in [0.15, 0.2) is 0 Å². The van der Waals surface area contributed by atoms with Crippen molar-refractivity contribution in [3.05, 3.63) is 29.3 Å². The Morgan fingerprint density at radius 2 is 1.81 bits per heavy atom. The van der Waals surface area contributed by atoms with Crippen molar-refractivity contribution in [2.75, 3.05) is 31.2 Å². The molecule has 0 radical (unpaired) electrons. The van der Waals surface area contributed by atoms with Crippen molar-refractivity contribution >= 4 is 11.7 Å². The summed E-state index contributed by atoms with van der Waals surface area (Å²) < 4.78 is 10.2. The van der Waals surface area contributed by atoms with Gasteiger partial charge in [-0.3, -0.25) is 4.79 Å². The molecule has 0 bridgehead atoms. The standard InChI is InChI=1S/C17H27NO.C6H12O2/c1-4-14(3)12-16-6-7-17(13-15(16)5-2)18-8-10-19-11-9-18;1-5(7)8-6(2,3)4/h6-7,13-14H,4-5,8-12H2,1-3H3;1-4H3. The van der Waals surface area contributed by atoms with Crippen molar-refractivity contribution in [3.63, 3.8) is 0 Å². The number of nitrogens with zero attached hydrogens (tertiary/aromatic N) is 1. The number of rotatable bonds is 5. The fourth-order valence-corrected chi connectivity index (χ4v) is 3.11. The first-order valence-corrected chi connectivity index (χ1v) is 10.3. The lowest BCUT2D eigenvalue weighted by Crippen LogP contribution is -2.36. The van der Waals surface area contributed by atoms with E-state index in [0.29, 0.717) is 0 Å². The van der Waals surface area contributed by atoms with Gasteiger partial charge in [0.1, 0.15) is 5.60 Å². The second-order valence-corrected chi connectivity index (χ2v) is 8.33. The van der Waals surface area contributed by atoms with Crippen LogP contribution in [0.3, 0.4) is 0 Å². The van der Waals surface area contributed by atoms with E-state index in [-0.39, 0.29) is 11.6 Å². The highest BCUT2D eigenvalue weighted by Crippen LogP contribution is 2.24. The molecule has 27 heavy (non-hydrogen) atoms. The van der Waals surface area contributed by atoms with Crippen LogP contribution in [-0.2, 0) is 27.1 Å². The van der Waals surface area contributed by atoms with Crippen LogP contribution < -0.4 is 4.90 Å². The summed E-state index contributed by atoms with van der Waals surface area (Å²) in [5, 5.41) is 0. The lowest BCUT2D eigenvalue weighted by molar-refractivity contribution is -0.151. The highest BCUT2D eigenvalue weighted by Gasteiger charge is 2.13. The van der Waals surface area contributed by atoms with E-state index >= 15 is 0 Å². The molecular formula is C23H39NO3. The molecule has 0 spiro atoms. The number of hydrogen-bond donors (Lipinski definition) is 0. The van der Waals surface area contributed by atoms with E-state index in [4.69, 9.17) is 9.47 Å². The van der Waals surface area contributed by atoms with Gasteiger partial charge < -0.3 is 14.4 Å². The number of morpholine rings is 1. The molecule has 0 amide bonds. The minimum atomic E-state index is -0.328. The fourth-order valence-electron chi connectivity index (χ4n) is 3.11. The maximum absolute atomic E-state index is 10.2. The van der Waals surface area contributed by atoms with E-state index in [2.05, 4.69) is 43.9 Å². The topological polar surface area (TPSA) is 38.8 Å². The van der Waals surface area contributed by atoms with E-state index in [0.717, 1.165) is 38.6 Å². The van der Waals surface area contributed by atoms with Crippen molar-refractivity contribution in [2.24, 2.45) is 5.92 Å². The van der Waals surface area contributed by atoms with Gasteiger partial charge in [-0.1, -0.05) is 33.3 Å². The lowest BCUT2D eigenvalue weighted by Gasteiger charge is -2.29. The van der Waals surface area contributed by atoms with E-state index < -0.39 is 0 Å². The van der Waals surface area contributed by atoms with Gasteiger partial charge in [0.25, 0.3) is 0 Å². The normalized spacial score (nSPS) is 15.6. The maximum atomic E-state index is 10.2. The van der Waals surface area contributed by atoms with Crippen LogP contribution in [0.1, 0.15) is 66.0 Å². The summed E-state index contributed by atoms with van der Waals surface area (Å²) in [6.45, 7) is 17.6. The Bertz CT molecular complexity index is 571. The van der Waals surface area contributed by atoms with Crippen molar-refractivity contribution in [3.8, 4) is 0 Å². The Morgan fingerprint density at radius 3 is 2.26 bits per heavy atom. The average molecular weight is 378 g/mol. The van der Waals surface area contributed by atoms with Crippen LogP contribution in [0.4, 0.5) is 5.69 Å². The Morgan fingerprint density at radius 1 is 1.19 bits per heavy atom. The largest absolute Gasteiger partial charge is 0.460 e. The molecule has 2 rings (SSSR count). The third-order valence-electron chi connectivity index (χ3n) is 4.66. The maximum Gasteiger partial charge on any atom is 0.303 e. The van der Waals surface area contributed by atoms with Gasteiger partial charge in [-0.15, -0.1) is 0 Å². The van der Waals surface area contributed by atoms with E-state index in [1.165, 1.54) is 36.6 Å². The number of hydrogen-bond acceptors (Lipinski definition) is 4. The van der Waals surface area contributed by atoms with E-state index in [1.807, 2.05) is 20.8 Å². The number of anilines is 1. The molecule has 1 aromatic carbocycles. The van der Waals surface area contributed by atoms with Crippen LogP contribution in [0.2, 0.25) is 0 Å². The summed E-state index contributed by atoms with van der Waals surface area (Å²) in [6.07, 6.45) is 3.60. The lowest BCUT2D eigenvalue weighted by atomic mass is 9.93. The molecule has 1 aromatic rings. The molecule has 0 N–H and O–H groups in total. The first-order valence-electron chi connectivity index (χ1n) is 10.3. The van der Waals surface area contributed by atoms with Crippen LogP contribution in [0.15, 0.2) is 18.2 Å². The number of benzene rings is 1. The second kappa shape index (κ2) is 11.3. The van der Waals surface area contributed by atoms with Crippen molar-refractivity contribution in [1.29, 1.82) is 0 Å². The predicted octanol–water partition coefficient (Wildman–Crippen LogP) is 5.02. The van der Waals surface area contributed by atoms with E-state index in [1.54, 1.807) is 0 Å². The van der Waals surface area contributed by atoms with Crippen molar-refractivity contribution in [1.82, 2.24) is 0 Å². The van der Waals surface area contributed by atoms with Crippen LogP contribution in [0.25, 0.3) is 0 Å². The third-order valence-corrected chi connectivity index (χ3v) is 4.66. The Labute approximate surface area is 166 Å². The quantitative estimate of drug-likeness (QED) is 0.675. The Balaban J connectivity index is 0.000000387. The highest BCUT2D eigenvalue weighted by atomic mass is 16.6. The third kappa shape index (κ3) is 9.28. The molecule has 0 aromatic heterocycles. The summed E-state index contributed by atoms with van der Waals surface area (Å²) >= 11 is 0. The summed E-state index contributed by atoms with van der Waals surface area (Å²) in [5.41, 5.74) is 4.09. The molecule has 0 saturated carbocycles. The molecule has 1 aliphatic rings. The number of carbonyl (C=O) groups is 1. The van der Waals surface area contributed by atoms with Gasteiger partial charge >= 0.3 is 5.97 Å². The minimum absolute atomic E-state index is 0.225. The van der Waals surface area contributed by atoms with Gasteiger partial charge in [-0.2, -0.15) is 0 Å². The van der Waals surface area contributed by atoms with Crippen LogP contribution >= 0.6 is 0 Å². The zero-order chi connectivity index (χ0) is 20.4. The first-order chi connectivity index (χ1) is 12.7. The molecule has 4 heteroatoms. The molecule has 4 nitrogen and oxygen atoms in total. The zero-order valence-electron chi connectivity index (χ0n) is 18.4. The number of ether oxygens (including phenoxy) is 2. The van der Waals surface area contributed by atoms with Gasteiger partial charge in [-0.25, -0.2) is 0 Å².